The summed E-state index contributed by atoms with van der Waals surface area (Å²) in [4.78, 5) is 32.8. The number of aryl methyl sites for hydroxylation is 1. The summed E-state index contributed by atoms with van der Waals surface area (Å²) >= 11 is 0. The Morgan fingerprint density at radius 1 is 1.29 bits per heavy atom. The van der Waals surface area contributed by atoms with Crippen LogP contribution in [0.2, 0.25) is 0 Å². The molecule has 1 fully saturated rings. The Hall–Kier alpha value is -2.21. The van der Waals surface area contributed by atoms with Crippen molar-refractivity contribution < 1.29 is 0 Å². The Labute approximate surface area is 122 Å². The van der Waals surface area contributed by atoms with Crippen LogP contribution in [0.5, 0.6) is 0 Å². The van der Waals surface area contributed by atoms with Gasteiger partial charge in [-0.3, -0.25) is 14.3 Å². The maximum Gasteiger partial charge on any atom is 0.328 e. The van der Waals surface area contributed by atoms with Gasteiger partial charge >= 0.3 is 5.69 Å². The Kier molecular flexibility index (Phi) is 3.70. The van der Waals surface area contributed by atoms with Crippen molar-refractivity contribution in [3.63, 3.8) is 0 Å². The minimum absolute atomic E-state index is 0.238. The highest BCUT2D eigenvalue weighted by Gasteiger charge is 2.28. The van der Waals surface area contributed by atoms with Crippen LogP contribution in [0, 0.1) is 6.92 Å². The van der Waals surface area contributed by atoms with Crippen molar-refractivity contribution in [3.05, 3.63) is 62.7 Å². The fraction of sp³-hybridized carbons (Fsp3) is 0.400. The molecule has 2 aromatic heterocycles. The number of aromatic nitrogens is 3. The standard InChI is InChI=1S/C15H18N4O2/c1-11-8-14(20)19(15(21)17-11)7-6-18-9-12(10-18)13-4-2-3-5-16-13/h2-5,8,12H,6-7,9-10H2,1H3,(H,17,21). The number of nitrogens with one attached hydrogen (secondary N) is 1. The molecule has 2 aromatic rings. The maximum absolute atomic E-state index is 11.8. The molecule has 0 bridgehead atoms. The van der Waals surface area contributed by atoms with Gasteiger partial charge in [-0.05, 0) is 19.1 Å². The zero-order valence-electron chi connectivity index (χ0n) is 12.0. The molecule has 0 radical (unpaired) electrons. The van der Waals surface area contributed by atoms with Crippen LogP contribution < -0.4 is 11.2 Å². The monoisotopic (exact) mass is 286 g/mol. The molecule has 0 aliphatic carbocycles. The lowest BCUT2D eigenvalue weighted by atomic mass is 9.96. The Morgan fingerprint density at radius 2 is 2.10 bits per heavy atom. The fourth-order valence-corrected chi connectivity index (χ4v) is 2.65. The zero-order valence-corrected chi connectivity index (χ0v) is 12.0. The molecule has 1 aliphatic rings. The summed E-state index contributed by atoms with van der Waals surface area (Å²) in [6.07, 6.45) is 1.81. The summed E-state index contributed by atoms with van der Waals surface area (Å²) < 4.78 is 1.25. The van der Waals surface area contributed by atoms with E-state index in [0.717, 1.165) is 18.8 Å². The molecule has 3 heterocycles. The lowest BCUT2D eigenvalue weighted by Crippen LogP contribution is -2.48. The molecule has 6 nitrogen and oxygen atoms in total. The first-order chi connectivity index (χ1) is 10.1. The van der Waals surface area contributed by atoms with Crippen LogP contribution in [0.4, 0.5) is 0 Å². The first-order valence-electron chi connectivity index (χ1n) is 7.07. The third-order valence-corrected chi connectivity index (χ3v) is 3.86. The van der Waals surface area contributed by atoms with Crippen molar-refractivity contribution in [2.45, 2.75) is 19.4 Å². The average Bonchev–Trinajstić information content (AvgIpc) is 2.40. The lowest BCUT2D eigenvalue weighted by Gasteiger charge is -2.38. The van der Waals surface area contributed by atoms with E-state index in [-0.39, 0.29) is 11.2 Å². The highest BCUT2D eigenvalue weighted by molar-refractivity contribution is 5.13. The molecule has 0 saturated carbocycles. The van der Waals surface area contributed by atoms with Crippen molar-refractivity contribution in [2.75, 3.05) is 19.6 Å². The molecular weight excluding hydrogens is 268 g/mol. The van der Waals surface area contributed by atoms with Crippen LogP contribution in [0.1, 0.15) is 17.3 Å². The number of aromatic amines is 1. The highest BCUT2D eigenvalue weighted by atomic mass is 16.2. The van der Waals surface area contributed by atoms with Gasteiger partial charge in [0.1, 0.15) is 0 Å². The molecule has 0 atom stereocenters. The molecule has 0 spiro atoms. The molecule has 110 valence electrons. The van der Waals surface area contributed by atoms with Crippen molar-refractivity contribution in [1.29, 1.82) is 0 Å². The number of hydrogen-bond donors (Lipinski definition) is 1. The second kappa shape index (κ2) is 5.65. The second-order valence-corrected chi connectivity index (χ2v) is 5.46. The van der Waals surface area contributed by atoms with Crippen LogP contribution >= 0.6 is 0 Å². The predicted octanol–water partition coefficient (Wildman–Crippen LogP) is 0.339. The summed E-state index contributed by atoms with van der Waals surface area (Å²) in [6.45, 7) is 4.68. The SMILES string of the molecule is Cc1cc(=O)n(CCN2CC(c3ccccn3)C2)c(=O)[nH]1. The van der Waals surface area contributed by atoms with Crippen LogP contribution in [-0.2, 0) is 6.54 Å². The van der Waals surface area contributed by atoms with E-state index in [2.05, 4.69) is 14.9 Å². The topological polar surface area (TPSA) is 71.0 Å². The molecule has 1 N–H and O–H groups in total. The smallest absolute Gasteiger partial charge is 0.311 e. The van der Waals surface area contributed by atoms with Gasteiger partial charge in [0.15, 0.2) is 0 Å². The highest BCUT2D eigenvalue weighted by Crippen LogP contribution is 2.24. The van der Waals surface area contributed by atoms with Crippen molar-refractivity contribution >= 4 is 0 Å². The third-order valence-electron chi connectivity index (χ3n) is 3.86. The number of pyridine rings is 1. The van der Waals surface area contributed by atoms with Gasteiger partial charge in [-0.2, -0.15) is 0 Å². The number of likely N-dealkylation sites (tertiary alicyclic amines) is 1. The molecular formula is C15H18N4O2. The summed E-state index contributed by atoms with van der Waals surface area (Å²) in [6, 6.07) is 7.40. The summed E-state index contributed by atoms with van der Waals surface area (Å²) in [5.74, 6) is 0.458. The Bertz CT molecular complexity index is 698. The van der Waals surface area contributed by atoms with Gasteiger partial charge in [-0.15, -0.1) is 0 Å². The van der Waals surface area contributed by atoms with Gasteiger partial charge in [0.05, 0.1) is 0 Å². The molecule has 21 heavy (non-hydrogen) atoms. The molecule has 0 unspecified atom stereocenters. The largest absolute Gasteiger partial charge is 0.328 e. The minimum atomic E-state index is -0.332. The van der Waals surface area contributed by atoms with E-state index in [9.17, 15) is 9.59 Å². The lowest BCUT2D eigenvalue weighted by molar-refractivity contribution is 0.139. The number of nitrogens with zero attached hydrogens (tertiary/aromatic N) is 3. The van der Waals surface area contributed by atoms with Gasteiger partial charge in [0, 0.05) is 55.7 Å². The van der Waals surface area contributed by atoms with Gasteiger partial charge in [-0.1, -0.05) is 6.07 Å². The van der Waals surface area contributed by atoms with Crippen molar-refractivity contribution in [2.24, 2.45) is 0 Å². The molecule has 0 aromatic carbocycles. The second-order valence-electron chi connectivity index (χ2n) is 5.46. The first-order valence-corrected chi connectivity index (χ1v) is 7.07. The Balaban J connectivity index is 1.57. The van der Waals surface area contributed by atoms with Crippen LogP contribution in [-0.4, -0.2) is 39.1 Å². The minimum Gasteiger partial charge on any atom is -0.311 e. The van der Waals surface area contributed by atoms with Crippen molar-refractivity contribution in [1.82, 2.24) is 19.4 Å². The third kappa shape index (κ3) is 2.95. The number of H-pyrrole nitrogens is 1. The molecule has 1 aliphatic heterocycles. The quantitative estimate of drug-likeness (QED) is 0.880. The van der Waals surface area contributed by atoms with Gasteiger partial charge in [-0.25, -0.2) is 4.79 Å². The molecule has 0 amide bonds. The van der Waals surface area contributed by atoms with Crippen LogP contribution in [0.25, 0.3) is 0 Å². The van der Waals surface area contributed by atoms with E-state index in [4.69, 9.17) is 0 Å². The fourth-order valence-electron chi connectivity index (χ4n) is 2.65. The van der Waals surface area contributed by atoms with Gasteiger partial charge < -0.3 is 9.88 Å². The average molecular weight is 286 g/mol. The number of hydrogen-bond acceptors (Lipinski definition) is 4. The van der Waals surface area contributed by atoms with Crippen molar-refractivity contribution in [3.8, 4) is 0 Å². The van der Waals surface area contributed by atoms with Crippen LogP contribution in [0.3, 0.4) is 0 Å². The maximum atomic E-state index is 11.8. The normalized spacial score (nSPS) is 15.9. The molecule has 3 rings (SSSR count). The van der Waals surface area contributed by atoms with E-state index in [1.165, 1.54) is 10.6 Å². The van der Waals surface area contributed by atoms with E-state index in [1.54, 1.807) is 6.92 Å². The summed E-state index contributed by atoms with van der Waals surface area (Å²) in [5.41, 5.74) is 1.14. The van der Waals surface area contributed by atoms with E-state index in [0.29, 0.717) is 24.7 Å². The summed E-state index contributed by atoms with van der Waals surface area (Å²) in [5, 5.41) is 0. The Morgan fingerprint density at radius 3 is 2.76 bits per heavy atom. The van der Waals surface area contributed by atoms with Crippen LogP contribution in [0.15, 0.2) is 40.1 Å². The molecule has 6 heteroatoms. The van der Waals surface area contributed by atoms with E-state index in [1.807, 2.05) is 24.4 Å². The predicted molar refractivity (Wildman–Crippen MR) is 79.5 cm³/mol. The number of rotatable bonds is 4. The van der Waals surface area contributed by atoms with E-state index >= 15 is 0 Å². The first kappa shape index (κ1) is 13.8. The van der Waals surface area contributed by atoms with E-state index < -0.39 is 0 Å². The summed E-state index contributed by atoms with van der Waals surface area (Å²) in [7, 11) is 0. The molecule has 1 saturated heterocycles. The zero-order chi connectivity index (χ0) is 14.8. The van der Waals surface area contributed by atoms with Gasteiger partial charge in [0.2, 0.25) is 0 Å². The van der Waals surface area contributed by atoms with Gasteiger partial charge in [0.25, 0.3) is 5.56 Å².